The van der Waals surface area contributed by atoms with E-state index in [0.717, 1.165) is 6.07 Å². The maximum absolute atomic E-state index is 13.1. The van der Waals surface area contributed by atoms with Crippen molar-refractivity contribution < 1.29 is 12.8 Å². The molecular weight excluding hydrogens is 319 g/mol. The number of primary sulfonamides is 1. The van der Waals surface area contributed by atoms with Crippen LogP contribution in [0.2, 0.25) is 5.02 Å². The van der Waals surface area contributed by atoms with Gasteiger partial charge in [-0.2, -0.15) is 0 Å². The molecule has 6 nitrogen and oxygen atoms in total. The minimum absolute atomic E-state index is 0.105. The summed E-state index contributed by atoms with van der Waals surface area (Å²) in [5.41, 5.74) is -0.298. The Hall–Kier alpha value is -1.51. The van der Waals surface area contributed by atoms with Gasteiger partial charge in [-0.05, 0) is 39.0 Å². The third kappa shape index (κ3) is 3.07. The number of hydrogen-bond donors (Lipinski definition) is 1. The summed E-state index contributed by atoms with van der Waals surface area (Å²) < 4.78 is 37.8. The summed E-state index contributed by atoms with van der Waals surface area (Å²) in [6.07, 6.45) is 0. The molecule has 0 aliphatic heterocycles. The molecule has 0 radical (unpaired) electrons. The van der Waals surface area contributed by atoms with Gasteiger partial charge >= 0.3 is 0 Å². The van der Waals surface area contributed by atoms with Gasteiger partial charge < -0.3 is 0 Å². The van der Waals surface area contributed by atoms with Crippen LogP contribution in [0.15, 0.2) is 23.4 Å². The fourth-order valence-electron chi connectivity index (χ4n) is 1.90. The SMILES string of the molecule is CC(C)(C)n1c(-c2ccc(F)cc2Cl)nnc1S(N)(=O)=O. The lowest BCUT2D eigenvalue weighted by Crippen LogP contribution is -2.29. The average molecular weight is 333 g/mol. The lowest BCUT2D eigenvalue weighted by molar-refractivity contribution is 0.366. The van der Waals surface area contributed by atoms with Gasteiger partial charge in [0.15, 0.2) is 5.82 Å². The molecule has 0 amide bonds. The Morgan fingerprint density at radius 2 is 1.90 bits per heavy atom. The van der Waals surface area contributed by atoms with Gasteiger partial charge in [-0.3, -0.25) is 4.57 Å². The van der Waals surface area contributed by atoms with Crippen LogP contribution in [0.5, 0.6) is 0 Å². The number of halogens is 2. The summed E-state index contributed by atoms with van der Waals surface area (Å²) in [6.45, 7) is 5.31. The molecule has 0 bridgehead atoms. The lowest BCUT2D eigenvalue weighted by atomic mass is 10.1. The van der Waals surface area contributed by atoms with Crippen LogP contribution in [0.3, 0.4) is 0 Å². The molecule has 9 heteroatoms. The molecule has 0 spiro atoms. The summed E-state index contributed by atoms with van der Waals surface area (Å²) in [5.74, 6) is -0.297. The Labute approximate surface area is 126 Å². The van der Waals surface area contributed by atoms with Gasteiger partial charge in [0.05, 0.1) is 5.02 Å². The largest absolute Gasteiger partial charge is 0.291 e. The maximum atomic E-state index is 13.1. The highest BCUT2D eigenvalue weighted by Crippen LogP contribution is 2.32. The van der Waals surface area contributed by atoms with E-state index in [1.54, 1.807) is 20.8 Å². The predicted octanol–water partition coefficient (Wildman–Crippen LogP) is 2.14. The zero-order chi connectivity index (χ0) is 16.0. The molecule has 0 saturated carbocycles. The maximum Gasteiger partial charge on any atom is 0.273 e. The zero-order valence-electron chi connectivity index (χ0n) is 11.6. The van der Waals surface area contributed by atoms with Crippen molar-refractivity contribution in [3.05, 3.63) is 29.0 Å². The second-order valence-corrected chi connectivity index (χ2v) is 7.34. The fraction of sp³-hybridized carbons (Fsp3) is 0.333. The molecule has 2 rings (SSSR count). The average Bonchev–Trinajstić information content (AvgIpc) is 2.72. The van der Waals surface area contributed by atoms with Gasteiger partial charge in [0, 0.05) is 11.1 Å². The number of benzene rings is 1. The van der Waals surface area contributed by atoms with Gasteiger partial charge in [0.1, 0.15) is 5.82 Å². The predicted molar refractivity (Wildman–Crippen MR) is 76.8 cm³/mol. The van der Waals surface area contributed by atoms with Crippen LogP contribution in [-0.2, 0) is 15.6 Å². The van der Waals surface area contributed by atoms with Gasteiger partial charge in [-0.1, -0.05) is 11.6 Å². The number of nitrogens with zero attached hydrogens (tertiary/aromatic N) is 3. The van der Waals surface area contributed by atoms with E-state index in [2.05, 4.69) is 10.2 Å². The molecule has 1 aromatic heterocycles. The molecule has 2 aromatic rings. The summed E-state index contributed by atoms with van der Waals surface area (Å²) >= 11 is 6.01. The number of aromatic nitrogens is 3. The van der Waals surface area contributed by atoms with Crippen LogP contribution >= 0.6 is 11.6 Å². The molecule has 1 aromatic carbocycles. The van der Waals surface area contributed by atoms with E-state index in [4.69, 9.17) is 16.7 Å². The van der Waals surface area contributed by atoms with Crippen LogP contribution < -0.4 is 5.14 Å². The second kappa shape index (κ2) is 5.04. The Bertz CT molecular complexity index is 796. The minimum Gasteiger partial charge on any atom is -0.291 e. The first-order valence-electron chi connectivity index (χ1n) is 5.96. The van der Waals surface area contributed by atoms with E-state index in [1.807, 2.05) is 0 Å². The van der Waals surface area contributed by atoms with Crippen molar-refractivity contribution in [2.45, 2.75) is 31.5 Å². The minimum atomic E-state index is -4.05. The molecule has 0 aliphatic carbocycles. The lowest BCUT2D eigenvalue weighted by Gasteiger charge is -2.24. The molecule has 0 saturated heterocycles. The van der Waals surface area contributed by atoms with Gasteiger partial charge in [0.25, 0.3) is 15.2 Å². The first-order valence-corrected chi connectivity index (χ1v) is 7.88. The summed E-state index contributed by atoms with van der Waals surface area (Å²) in [5, 5.41) is 12.4. The number of hydrogen-bond acceptors (Lipinski definition) is 4. The van der Waals surface area contributed by atoms with Crippen molar-refractivity contribution >= 4 is 21.6 Å². The van der Waals surface area contributed by atoms with Crippen LogP contribution in [0.1, 0.15) is 20.8 Å². The molecular formula is C12H14ClFN4O2S. The Balaban J connectivity index is 2.80. The Morgan fingerprint density at radius 3 is 2.38 bits per heavy atom. The molecule has 21 heavy (non-hydrogen) atoms. The highest BCUT2D eigenvalue weighted by atomic mass is 35.5. The van der Waals surface area contributed by atoms with E-state index in [1.165, 1.54) is 16.7 Å². The fourth-order valence-corrected chi connectivity index (χ4v) is 2.93. The molecule has 2 N–H and O–H groups in total. The molecule has 0 fully saturated rings. The molecule has 114 valence electrons. The van der Waals surface area contributed by atoms with Gasteiger partial charge in [0.2, 0.25) is 0 Å². The summed E-state index contributed by atoms with van der Waals surface area (Å²) in [4.78, 5) is 0. The van der Waals surface area contributed by atoms with E-state index >= 15 is 0 Å². The second-order valence-electron chi connectivity index (χ2n) is 5.48. The van der Waals surface area contributed by atoms with Crippen molar-refractivity contribution in [1.82, 2.24) is 14.8 Å². The molecule has 0 unspecified atom stereocenters. The summed E-state index contributed by atoms with van der Waals surface area (Å²) in [6, 6.07) is 3.74. The number of nitrogens with two attached hydrogens (primary N) is 1. The normalized spacial score (nSPS) is 12.7. The Kier molecular flexibility index (Phi) is 3.81. The number of rotatable bonds is 2. The molecule has 0 aliphatic rings. The van der Waals surface area contributed by atoms with Crippen LogP contribution in [-0.4, -0.2) is 23.2 Å². The first kappa shape index (κ1) is 15.9. The number of sulfonamides is 1. The van der Waals surface area contributed by atoms with Crippen molar-refractivity contribution in [1.29, 1.82) is 0 Å². The van der Waals surface area contributed by atoms with Crippen LogP contribution in [0.4, 0.5) is 4.39 Å². The molecule has 0 atom stereocenters. The third-order valence-electron chi connectivity index (χ3n) is 2.73. The van der Waals surface area contributed by atoms with Gasteiger partial charge in [-0.15, -0.1) is 10.2 Å². The quantitative estimate of drug-likeness (QED) is 0.912. The van der Waals surface area contributed by atoms with Crippen molar-refractivity contribution in [3.8, 4) is 11.4 Å². The standard InChI is InChI=1S/C12H14ClFN4O2S/c1-12(2,3)18-10(16-17-11(18)21(15,19)20)8-5-4-7(14)6-9(8)13/h4-6H,1-3H3,(H2,15,19,20). The third-order valence-corrected chi connectivity index (χ3v) is 3.82. The topological polar surface area (TPSA) is 90.9 Å². The van der Waals surface area contributed by atoms with Crippen molar-refractivity contribution in [3.63, 3.8) is 0 Å². The smallest absolute Gasteiger partial charge is 0.273 e. The monoisotopic (exact) mass is 332 g/mol. The summed E-state index contributed by atoms with van der Waals surface area (Å²) in [7, 11) is -4.05. The van der Waals surface area contributed by atoms with E-state index in [0.29, 0.717) is 5.56 Å². The van der Waals surface area contributed by atoms with E-state index in [-0.39, 0.29) is 16.0 Å². The van der Waals surface area contributed by atoms with E-state index in [9.17, 15) is 12.8 Å². The van der Waals surface area contributed by atoms with Gasteiger partial charge in [-0.25, -0.2) is 17.9 Å². The van der Waals surface area contributed by atoms with Crippen LogP contribution in [0, 0.1) is 5.82 Å². The first-order chi connectivity index (χ1) is 9.51. The highest BCUT2D eigenvalue weighted by molar-refractivity contribution is 7.89. The van der Waals surface area contributed by atoms with Crippen molar-refractivity contribution in [2.24, 2.45) is 5.14 Å². The van der Waals surface area contributed by atoms with Crippen molar-refractivity contribution in [2.75, 3.05) is 0 Å². The Morgan fingerprint density at radius 1 is 1.29 bits per heavy atom. The van der Waals surface area contributed by atoms with E-state index < -0.39 is 21.4 Å². The zero-order valence-corrected chi connectivity index (χ0v) is 13.2. The highest BCUT2D eigenvalue weighted by Gasteiger charge is 2.30. The van der Waals surface area contributed by atoms with Crippen LogP contribution in [0.25, 0.3) is 11.4 Å². The molecule has 1 heterocycles.